The van der Waals surface area contributed by atoms with Gasteiger partial charge in [0.15, 0.2) is 11.5 Å². The standard InChI is InChI=1S/C28H20N2O3S/c31-28-19-7-2-1-6-18(19)27(30(28)15-17-11-12-22-23(14-17)33-16-32-22)25-20-8-3-4-9-21(20)29-26(25)24-10-5-13-34-24/h1-14,27,29H,15-16H2/t27-/m0/s1. The Bertz CT molecular complexity index is 1550. The molecule has 166 valence electrons. The molecule has 4 heterocycles. The van der Waals surface area contributed by atoms with Gasteiger partial charge in [-0.3, -0.25) is 4.79 Å². The first-order valence-corrected chi connectivity index (χ1v) is 12.1. The topological polar surface area (TPSA) is 54.6 Å². The average molecular weight is 465 g/mol. The molecule has 0 unspecified atom stereocenters. The fourth-order valence-electron chi connectivity index (χ4n) is 5.14. The molecular weight excluding hydrogens is 444 g/mol. The molecule has 0 bridgehead atoms. The van der Waals surface area contributed by atoms with Crippen LogP contribution in [0.3, 0.4) is 0 Å². The van der Waals surface area contributed by atoms with E-state index in [1.165, 1.54) is 0 Å². The number of fused-ring (bicyclic) bond motifs is 3. The number of carbonyl (C=O) groups excluding carboxylic acids is 1. The summed E-state index contributed by atoms with van der Waals surface area (Å²) in [4.78, 5) is 20.5. The minimum Gasteiger partial charge on any atom is -0.454 e. The zero-order valence-electron chi connectivity index (χ0n) is 18.2. The number of nitrogens with zero attached hydrogens (tertiary/aromatic N) is 1. The van der Waals surface area contributed by atoms with Crippen molar-refractivity contribution in [2.75, 3.05) is 6.79 Å². The Balaban J connectivity index is 1.42. The Morgan fingerprint density at radius 2 is 1.79 bits per heavy atom. The van der Waals surface area contributed by atoms with Crippen LogP contribution in [0.15, 0.2) is 84.2 Å². The van der Waals surface area contributed by atoms with E-state index in [0.29, 0.717) is 6.54 Å². The van der Waals surface area contributed by atoms with Crippen LogP contribution >= 0.6 is 11.3 Å². The van der Waals surface area contributed by atoms with Crippen LogP contribution in [0.25, 0.3) is 21.5 Å². The van der Waals surface area contributed by atoms with Crippen molar-refractivity contribution in [3.8, 4) is 22.1 Å². The molecule has 2 aromatic heterocycles. The predicted molar refractivity (Wildman–Crippen MR) is 132 cm³/mol. The summed E-state index contributed by atoms with van der Waals surface area (Å²) in [5.41, 5.74) is 6.08. The summed E-state index contributed by atoms with van der Waals surface area (Å²) in [7, 11) is 0. The van der Waals surface area contributed by atoms with Gasteiger partial charge >= 0.3 is 0 Å². The minimum atomic E-state index is -0.206. The normalized spacial score (nSPS) is 16.4. The van der Waals surface area contributed by atoms with Crippen LogP contribution in [0.2, 0.25) is 0 Å². The summed E-state index contributed by atoms with van der Waals surface area (Å²) < 4.78 is 11.1. The molecule has 7 rings (SSSR count). The lowest BCUT2D eigenvalue weighted by molar-refractivity contribution is 0.0737. The zero-order chi connectivity index (χ0) is 22.6. The highest BCUT2D eigenvalue weighted by atomic mass is 32.1. The Morgan fingerprint density at radius 3 is 2.71 bits per heavy atom. The van der Waals surface area contributed by atoms with Gasteiger partial charge < -0.3 is 19.4 Å². The number of ether oxygens (including phenoxy) is 2. The number of hydrogen-bond donors (Lipinski definition) is 1. The van der Waals surface area contributed by atoms with Gasteiger partial charge in [-0.2, -0.15) is 0 Å². The van der Waals surface area contributed by atoms with Gasteiger partial charge in [0.05, 0.1) is 16.6 Å². The summed E-state index contributed by atoms with van der Waals surface area (Å²) in [6.45, 7) is 0.702. The molecule has 5 aromatic rings. The van der Waals surface area contributed by atoms with Crippen LogP contribution in [0, 0.1) is 0 Å². The smallest absolute Gasteiger partial charge is 0.255 e. The molecule has 2 aliphatic heterocycles. The number of hydrogen-bond acceptors (Lipinski definition) is 4. The number of benzene rings is 3. The van der Waals surface area contributed by atoms with Gasteiger partial charge in [0.2, 0.25) is 6.79 Å². The molecule has 1 amide bonds. The van der Waals surface area contributed by atoms with E-state index >= 15 is 0 Å². The average Bonchev–Trinajstić information content (AvgIpc) is 3.65. The first kappa shape index (κ1) is 19.4. The molecule has 0 radical (unpaired) electrons. The summed E-state index contributed by atoms with van der Waals surface area (Å²) >= 11 is 1.70. The second kappa shape index (κ2) is 7.50. The predicted octanol–water partition coefficient (Wildman–Crippen LogP) is 6.37. The number of carbonyl (C=O) groups is 1. The number of thiophene rings is 1. The van der Waals surface area contributed by atoms with Crippen molar-refractivity contribution < 1.29 is 14.3 Å². The van der Waals surface area contributed by atoms with Crippen molar-refractivity contribution in [2.45, 2.75) is 12.6 Å². The first-order valence-electron chi connectivity index (χ1n) is 11.2. The molecule has 1 N–H and O–H groups in total. The maximum Gasteiger partial charge on any atom is 0.255 e. The molecule has 5 nitrogen and oxygen atoms in total. The number of para-hydroxylation sites is 1. The molecule has 0 saturated heterocycles. The molecule has 0 aliphatic carbocycles. The highest BCUT2D eigenvalue weighted by Crippen LogP contribution is 2.47. The maximum atomic E-state index is 13.7. The number of rotatable bonds is 4. The highest BCUT2D eigenvalue weighted by Gasteiger charge is 2.40. The number of aromatic nitrogens is 1. The first-order chi connectivity index (χ1) is 16.8. The largest absolute Gasteiger partial charge is 0.454 e. The number of aromatic amines is 1. The quantitative estimate of drug-likeness (QED) is 0.336. The molecular formula is C28H20N2O3S. The van der Waals surface area contributed by atoms with E-state index in [1.807, 2.05) is 47.4 Å². The third-order valence-corrected chi connectivity index (χ3v) is 7.52. The summed E-state index contributed by atoms with van der Waals surface area (Å²) in [5.74, 6) is 1.51. The Labute approximate surface area is 200 Å². The van der Waals surface area contributed by atoms with Gasteiger partial charge in [-0.15, -0.1) is 11.3 Å². The van der Waals surface area contributed by atoms with Gasteiger partial charge in [-0.05, 0) is 46.8 Å². The van der Waals surface area contributed by atoms with Crippen molar-refractivity contribution >= 4 is 28.1 Å². The van der Waals surface area contributed by atoms with Crippen molar-refractivity contribution in [3.05, 3.63) is 106 Å². The van der Waals surface area contributed by atoms with E-state index in [9.17, 15) is 4.79 Å². The number of amides is 1. The molecule has 0 saturated carbocycles. The minimum absolute atomic E-state index is 0.0423. The third-order valence-electron chi connectivity index (χ3n) is 6.64. The Kier molecular flexibility index (Phi) is 4.29. The zero-order valence-corrected chi connectivity index (χ0v) is 19.0. The van der Waals surface area contributed by atoms with Gasteiger partial charge in [-0.1, -0.05) is 48.5 Å². The SMILES string of the molecule is O=C1c2ccccc2[C@@H](c2c(-c3cccs3)[nH]c3ccccc23)N1Cc1ccc2c(c1)OCO2. The van der Waals surface area contributed by atoms with Crippen molar-refractivity contribution in [1.82, 2.24) is 9.88 Å². The highest BCUT2D eigenvalue weighted by molar-refractivity contribution is 7.13. The molecule has 3 aromatic carbocycles. The van der Waals surface area contributed by atoms with E-state index in [4.69, 9.17) is 9.47 Å². The van der Waals surface area contributed by atoms with Crippen LogP contribution in [-0.2, 0) is 6.54 Å². The summed E-state index contributed by atoms with van der Waals surface area (Å²) in [6.07, 6.45) is 0. The van der Waals surface area contributed by atoms with Crippen molar-refractivity contribution in [3.63, 3.8) is 0 Å². The molecule has 34 heavy (non-hydrogen) atoms. The summed E-state index contributed by atoms with van der Waals surface area (Å²) in [5, 5.41) is 3.22. The molecule has 1 atom stereocenters. The van der Waals surface area contributed by atoms with E-state index in [-0.39, 0.29) is 18.7 Å². The lowest BCUT2D eigenvalue weighted by Gasteiger charge is -2.27. The van der Waals surface area contributed by atoms with Gasteiger partial charge in [0.1, 0.15) is 0 Å². The third kappa shape index (κ3) is 2.89. The fourth-order valence-corrected chi connectivity index (χ4v) is 5.88. The van der Waals surface area contributed by atoms with E-state index < -0.39 is 0 Å². The summed E-state index contributed by atoms with van der Waals surface area (Å²) in [6, 6.07) is 26.2. The van der Waals surface area contributed by atoms with E-state index in [0.717, 1.165) is 55.2 Å². The fraction of sp³-hybridized carbons (Fsp3) is 0.107. The van der Waals surface area contributed by atoms with Crippen molar-refractivity contribution in [2.24, 2.45) is 0 Å². The molecule has 0 fully saturated rings. The van der Waals surface area contributed by atoms with Crippen LogP contribution in [-0.4, -0.2) is 22.6 Å². The van der Waals surface area contributed by atoms with Gasteiger partial charge in [0.25, 0.3) is 5.91 Å². The molecule has 0 spiro atoms. The number of nitrogens with one attached hydrogen (secondary N) is 1. The van der Waals surface area contributed by atoms with Crippen LogP contribution in [0.4, 0.5) is 0 Å². The Hall–Kier alpha value is -4.03. The lowest BCUT2D eigenvalue weighted by Crippen LogP contribution is -2.28. The van der Waals surface area contributed by atoms with Crippen LogP contribution in [0.5, 0.6) is 11.5 Å². The van der Waals surface area contributed by atoms with E-state index in [1.54, 1.807) is 11.3 Å². The number of H-pyrrole nitrogens is 1. The Morgan fingerprint density at radius 1 is 0.941 bits per heavy atom. The lowest BCUT2D eigenvalue weighted by atomic mass is 9.94. The molecule has 6 heteroatoms. The second-order valence-electron chi connectivity index (χ2n) is 8.55. The van der Waals surface area contributed by atoms with Crippen molar-refractivity contribution in [1.29, 1.82) is 0 Å². The molecule has 2 aliphatic rings. The van der Waals surface area contributed by atoms with Crippen LogP contribution in [0.1, 0.15) is 33.1 Å². The second-order valence-corrected chi connectivity index (χ2v) is 9.49. The van der Waals surface area contributed by atoms with Gasteiger partial charge in [-0.25, -0.2) is 0 Å². The maximum absolute atomic E-state index is 13.7. The van der Waals surface area contributed by atoms with Gasteiger partial charge in [0, 0.05) is 28.6 Å². The monoisotopic (exact) mass is 464 g/mol. The van der Waals surface area contributed by atoms with E-state index in [2.05, 4.69) is 46.8 Å². The van der Waals surface area contributed by atoms with Crippen LogP contribution < -0.4 is 9.47 Å².